The van der Waals surface area contributed by atoms with E-state index in [4.69, 9.17) is 26.8 Å². The first-order valence-corrected chi connectivity index (χ1v) is 9.05. The predicted octanol–water partition coefficient (Wildman–Crippen LogP) is 1.21. The molecule has 0 saturated carbocycles. The molecule has 2 aromatic rings. The summed E-state index contributed by atoms with van der Waals surface area (Å²) in [4.78, 5) is 27.5. The predicted molar refractivity (Wildman–Crippen MR) is 97.9 cm³/mol. The maximum Gasteiger partial charge on any atom is 0.305 e. The number of carbonyl (C=O) groups excluding carboxylic acids is 1. The average Bonchev–Trinajstić information content (AvgIpc) is 3.16. The number of benzene rings is 1. The van der Waals surface area contributed by atoms with E-state index in [1.54, 1.807) is 18.2 Å². The number of carbonyl (C=O) groups is 2. The molecule has 2 aliphatic heterocycles. The first-order valence-electron chi connectivity index (χ1n) is 7.83. The van der Waals surface area contributed by atoms with E-state index in [1.807, 2.05) is 0 Å². The van der Waals surface area contributed by atoms with Crippen LogP contribution in [0.15, 0.2) is 22.7 Å². The van der Waals surface area contributed by atoms with Crippen LogP contribution in [0.5, 0.6) is 17.4 Å². The Balaban J connectivity index is 1.75. The Morgan fingerprint density at radius 1 is 1.37 bits per heavy atom. The van der Waals surface area contributed by atoms with Crippen molar-refractivity contribution in [1.82, 2.24) is 4.57 Å². The van der Waals surface area contributed by atoms with Crippen LogP contribution in [-0.4, -0.2) is 33.4 Å². The van der Waals surface area contributed by atoms with Gasteiger partial charge in [-0.2, -0.15) is 0 Å². The molecular weight excluding hydrogens is 392 g/mol. The molecule has 1 amide bonds. The van der Waals surface area contributed by atoms with Crippen molar-refractivity contribution in [3.8, 4) is 17.4 Å². The fraction of sp³-hybridized carbons (Fsp3) is 0.176. The number of rotatable bonds is 4. The van der Waals surface area contributed by atoms with Crippen molar-refractivity contribution in [2.45, 2.75) is 13.0 Å². The monoisotopic (exact) mass is 404 g/mol. The highest BCUT2D eigenvalue weighted by Gasteiger charge is 2.19. The van der Waals surface area contributed by atoms with Crippen LogP contribution in [0.25, 0.3) is 12.2 Å². The summed E-state index contributed by atoms with van der Waals surface area (Å²) in [7, 11) is 0. The highest BCUT2D eigenvalue weighted by Crippen LogP contribution is 2.30. The normalized spacial score (nSPS) is 16.0. The van der Waals surface area contributed by atoms with Crippen LogP contribution < -0.4 is 20.0 Å². The standard InChI is InChI=1S/C17H12N2O6S2/c20-14(21)1-2-19-16(23)13(27-17(19)26)5-9-3-8-4-11-12(25-7-24-11)6-10(8)18-15(9)22/h3-6,23H,1-2,7H2,(H,20,21)/b9-5-. The minimum atomic E-state index is -0.993. The van der Waals surface area contributed by atoms with Gasteiger partial charge in [-0.05, 0) is 30.4 Å². The van der Waals surface area contributed by atoms with E-state index in [-0.39, 0.29) is 31.2 Å². The zero-order chi connectivity index (χ0) is 19.1. The largest absolute Gasteiger partial charge is 0.493 e. The van der Waals surface area contributed by atoms with Gasteiger partial charge in [0.05, 0.1) is 16.7 Å². The number of ether oxygens (including phenoxy) is 2. The van der Waals surface area contributed by atoms with Crippen LogP contribution in [0.3, 0.4) is 0 Å². The molecule has 0 spiro atoms. The van der Waals surface area contributed by atoms with Crippen molar-refractivity contribution >= 4 is 47.6 Å². The molecule has 10 heteroatoms. The minimum absolute atomic E-state index is 0.0496. The van der Waals surface area contributed by atoms with E-state index in [9.17, 15) is 14.7 Å². The minimum Gasteiger partial charge on any atom is -0.493 e. The van der Waals surface area contributed by atoms with Crippen molar-refractivity contribution in [2.75, 3.05) is 6.79 Å². The molecule has 0 atom stereocenters. The van der Waals surface area contributed by atoms with Gasteiger partial charge in [0.2, 0.25) is 12.7 Å². The lowest BCUT2D eigenvalue weighted by atomic mass is 10.1. The first-order chi connectivity index (χ1) is 12.9. The third-order valence-corrected chi connectivity index (χ3v) is 5.42. The third kappa shape index (κ3) is 3.24. The molecular formula is C17H12N2O6S2. The zero-order valence-electron chi connectivity index (χ0n) is 13.7. The van der Waals surface area contributed by atoms with Crippen molar-refractivity contribution < 1.29 is 29.3 Å². The molecule has 4 rings (SSSR count). The fourth-order valence-corrected chi connectivity index (χ4v) is 4.03. The molecule has 8 nitrogen and oxygen atoms in total. The van der Waals surface area contributed by atoms with Crippen molar-refractivity contribution in [3.05, 3.63) is 37.1 Å². The SMILES string of the molecule is O=C(O)CCn1c(O)c(/C=C2/C=c3cc4c(cc3=NC2=O)OCO4)sc1=S. The van der Waals surface area contributed by atoms with E-state index >= 15 is 0 Å². The maximum atomic E-state index is 12.4. The van der Waals surface area contributed by atoms with Crippen LogP contribution in [0.1, 0.15) is 11.3 Å². The summed E-state index contributed by atoms with van der Waals surface area (Å²) in [6.07, 6.45) is 2.97. The lowest BCUT2D eigenvalue weighted by Gasteiger charge is -2.05. The summed E-state index contributed by atoms with van der Waals surface area (Å²) in [5.74, 6) is -0.509. The van der Waals surface area contributed by atoms with Crippen molar-refractivity contribution in [1.29, 1.82) is 0 Å². The van der Waals surface area contributed by atoms with Crippen LogP contribution >= 0.6 is 23.6 Å². The Morgan fingerprint density at radius 3 is 2.85 bits per heavy atom. The van der Waals surface area contributed by atoms with Gasteiger partial charge in [0.1, 0.15) is 0 Å². The van der Waals surface area contributed by atoms with Gasteiger partial charge in [0.25, 0.3) is 5.91 Å². The second kappa shape index (κ2) is 6.63. The van der Waals surface area contributed by atoms with Gasteiger partial charge < -0.3 is 19.7 Å². The summed E-state index contributed by atoms with van der Waals surface area (Å²) in [6.45, 7) is 0.171. The lowest BCUT2D eigenvalue weighted by Crippen LogP contribution is -2.30. The molecule has 3 heterocycles. The summed E-state index contributed by atoms with van der Waals surface area (Å²) in [5.41, 5.74) is 0.276. The highest BCUT2D eigenvalue weighted by atomic mass is 32.1. The highest BCUT2D eigenvalue weighted by molar-refractivity contribution is 7.73. The Morgan fingerprint density at radius 2 is 2.11 bits per heavy atom. The molecule has 0 unspecified atom stereocenters. The number of amides is 1. The molecule has 27 heavy (non-hydrogen) atoms. The Hall–Kier alpha value is -2.98. The molecule has 0 radical (unpaired) electrons. The molecule has 0 bridgehead atoms. The number of nitrogens with zero attached hydrogens (tertiary/aromatic N) is 2. The quantitative estimate of drug-likeness (QED) is 0.582. The van der Waals surface area contributed by atoms with E-state index < -0.39 is 11.9 Å². The number of aliphatic carboxylic acids is 1. The maximum absolute atomic E-state index is 12.4. The van der Waals surface area contributed by atoms with Crippen molar-refractivity contribution in [3.63, 3.8) is 0 Å². The number of aromatic hydroxyl groups is 1. The van der Waals surface area contributed by atoms with Gasteiger partial charge in [-0.1, -0.05) is 0 Å². The van der Waals surface area contributed by atoms with Crippen LogP contribution in [0.2, 0.25) is 0 Å². The second-order valence-electron chi connectivity index (χ2n) is 5.78. The number of hydrogen-bond donors (Lipinski definition) is 2. The number of aromatic nitrogens is 1. The first kappa shape index (κ1) is 17.4. The van der Waals surface area contributed by atoms with E-state index in [2.05, 4.69) is 4.99 Å². The number of hydrogen-bond acceptors (Lipinski definition) is 7. The Bertz CT molecular complexity index is 1190. The van der Waals surface area contributed by atoms with Gasteiger partial charge in [-0.15, -0.1) is 11.3 Å². The molecule has 138 valence electrons. The number of carboxylic acid groups (broad SMARTS) is 1. The molecule has 1 aromatic carbocycles. The second-order valence-corrected chi connectivity index (χ2v) is 7.45. The Kier molecular flexibility index (Phi) is 4.28. The van der Waals surface area contributed by atoms with Crippen LogP contribution in [0.4, 0.5) is 0 Å². The van der Waals surface area contributed by atoms with Crippen LogP contribution in [-0.2, 0) is 16.1 Å². The number of thiazole rings is 1. The molecule has 2 N–H and O–H groups in total. The van der Waals surface area contributed by atoms with Gasteiger partial charge in [-0.25, -0.2) is 4.99 Å². The van der Waals surface area contributed by atoms with E-state index in [0.717, 1.165) is 11.3 Å². The van der Waals surface area contributed by atoms with Crippen molar-refractivity contribution in [2.24, 2.45) is 4.99 Å². The van der Waals surface area contributed by atoms with Gasteiger partial charge >= 0.3 is 5.97 Å². The number of carboxylic acids is 1. The number of fused-ring (bicyclic) bond motifs is 2. The smallest absolute Gasteiger partial charge is 0.305 e. The zero-order valence-corrected chi connectivity index (χ0v) is 15.3. The summed E-state index contributed by atoms with van der Waals surface area (Å²) < 4.78 is 12.3. The topological polar surface area (TPSA) is 110 Å². The Labute approximate surface area is 160 Å². The molecule has 0 fully saturated rings. The fourth-order valence-electron chi connectivity index (χ4n) is 2.72. The molecule has 1 aromatic heterocycles. The van der Waals surface area contributed by atoms with Gasteiger partial charge in [0, 0.05) is 23.4 Å². The van der Waals surface area contributed by atoms with Crippen LogP contribution in [0, 0.1) is 3.95 Å². The molecule has 0 saturated heterocycles. The van der Waals surface area contributed by atoms with E-state index in [0.29, 0.717) is 30.9 Å². The van der Waals surface area contributed by atoms with Gasteiger partial charge in [0.15, 0.2) is 15.5 Å². The summed E-state index contributed by atoms with van der Waals surface area (Å²) in [5, 5.41) is 20.3. The molecule has 2 aliphatic rings. The molecule has 0 aliphatic carbocycles. The average molecular weight is 404 g/mol. The third-order valence-electron chi connectivity index (χ3n) is 4.03. The summed E-state index contributed by atoms with van der Waals surface area (Å²) in [6, 6.07) is 3.38. The summed E-state index contributed by atoms with van der Waals surface area (Å²) >= 11 is 6.27. The van der Waals surface area contributed by atoms with Gasteiger partial charge in [-0.3, -0.25) is 14.2 Å². The lowest BCUT2D eigenvalue weighted by molar-refractivity contribution is -0.137. The van der Waals surface area contributed by atoms with E-state index in [1.165, 1.54) is 10.6 Å².